The smallest absolute Gasteiger partial charge is 0.222 e. The highest BCUT2D eigenvalue weighted by Crippen LogP contribution is 2.17. The van der Waals surface area contributed by atoms with Crippen molar-refractivity contribution in [1.29, 1.82) is 0 Å². The van der Waals surface area contributed by atoms with Gasteiger partial charge in [0.1, 0.15) is 0 Å². The Labute approximate surface area is 76.0 Å². The molecule has 0 amide bonds. The molecule has 0 spiro atoms. The average Bonchev–Trinajstić information content (AvgIpc) is 2.31. The van der Waals surface area contributed by atoms with E-state index in [0.717, 1.165) is 9.22 Å². The Kier molecular flexibility index (Phi) is 1.56. The quantitative estimate of drug-likeness (QED) is 0.572. The van der Waals surface area contributed by atoms with Crippen LogP contribution < -0.4 is 0 Å². The lowest BCUT2D eigenvalue weighted by atomic mass is 10.3. The molecule has 0 aliphatic rings. The molecule has 4 heteroatoms. The Morgan fingerprint density at radius 1 is 1.55 bits per heavy atom. The number of pyridine rings is 1. The molecule has 0 aliphatic heterocycles. The molecule has 1 N–H and O–H groups in total. The van der Waals surface area contributed by atoms with E-state index in [4.69, 9.17) is 0 Å². The van der Waals surface area contributed by atoms with Gasteiger partial charge >= 0.3 is 0 Å². The third-order valence-electron chi connectivity index (χ3n) is 1.47. The van der Waals surface area contributed by atoms with Crippen molar-refractivity contribution in [3.05, 3.63) is 28.0 Å². The summed E-state index contributed by atoms with van der Waals surface area (Å²) in [6.45, 7) is 0. The molecule has 0 aromatic carbocycles. The van der Waals surface area contributed by atoms with Crippen molar-refractivity contribution in [2.75, 3.05) is 0 Å². The fourth-order valence-electron chi connectivity index (χ4n) is 0.985. The number of hydrogen-bond acceptors (Lipinski definition) is 1. The minimum Gasteiger partial charge on any atom is -0.350 e. The molecule has 2 aromatic rings. The number of rotatable bonds is 0. The van der Waals surface area contributed by atoms with Crippen LogP contribution in [0, 0.1) is 9.65 Å². The van der Waals surface area contributed by atoms with Crippen molar-refractivity contribution in [1.82, 2.24) is 9.97 Å². The van der Waals surface area contributed by atoms with E-state index in [2.05, 4.69) is 32.6 Å². The predicted octanol–water partition coefficient (Wildman–Crippen LogP) is 2.31. The van der Waals surface area contributed by atoms with E-state index >= 15 is 0 Å². The van der Waals surface area contributed by atoms with Crippen LogP contribution in [0.3, 0.4) is 0 Å². The van der Waals surface area contributed by atoms with Crippen molar-refractivity contribution < 1.29 is 4.39 Å². The molecule has 2 rings (SSSR count). The molecule has 2 heterocycles. The Morgan fingerprint density at radius 2 is 2.36 bits per heavy atom. The van der Waals surface area contributed by atoms with Gasteiger partial charge in [0.15, 0.2) is 0 Å². The van der Waals surface area contributed by atoms with Crippen molar-refractivity contribution in [3.8, 4) is 0 Å². The van der Waals surface area contributed by atoms with Gasteiger partial charge in [0.2, 0.25) is 5.95 Å². The SMILES string of the molecule is Fc1nccc2[nH]c(I)cc12. The number of H-pyrrole nitrogens is 1. The van der Waals surface area contributed by atoms with Gasteiger partial charge in [-0.05, 0) is 34.7 Å². The molecule has 0 unspecified atom stereocenters. The summed E-state index contributed by atoms with van der Waals surface area (Å²) in [5.74, 6) is -0.415. The molecule has 11 heavy (non-hydrogen) atoms. The zero-order chi connectivity index (χ0) is 7.84. The number of fused-ring (bicyclic) bond motifs is 1. The molecule has 0 saturated heterocycles. The lowest BCUT2D eigenvalue weighted by Gasteiger charge is -1.87. The first kappa shape index (κ1) is 7.02. The Balaban J connectivity index is 2.90. The van der Waals surface area contributed by atoms with E-state index in [1.165, 1.54) is 6.20 Å². The van der Waals surface area contributed by atoms with Gasteiger partial charge in [-0.15, -0.1) is 0 Å². The van der Waals surface area contributed by atoms with Crippen LogP contribution in [0.4, 0.5) is 4.39 Å². The molecule has 56 valence electrons. The summed E-state index contributed by atoms with van der Waals surface area (Å²) >= 11 is 2.10. The van der Waals surface area contributed by atoms with E-state index in [1.54, 1.807) is 12.1 Å². The normalized spacial score (nSPS) is 10.7. The zero-order valence-electron chi connectivity index (χ0n) is 5.44. The van der Waals surface area contributed by atoms with Crippen LogP contribution in [0.15, 0.2) is 18.3 Å². The maximum atomic E-state index is 12.9. The lowest BCUT2D eigenvalue weighted by molar-refractivity contribution is 0.597. The number of halogens is 2. The Bertz CT molecular complexity index is 396. The van der Waals surface area contributed by atoms with Gasteiger partial charge in [0.05, 0.1) is 14.6 Å². The lowest BCUT2D eigenvalue weighted by Crippen LogP contribution is -1.79. The summed E-state index contributed by atoms with van der Waals surface area (Å²) in [6.07, 6.45) is 1.45. The highest BCUT2D eigenvalue weighted by molar-refractivity contribution is 14.1. The van der Waals surface area contributed by atoms with Gasteiger partial charge < -0.3 is 4.98 Å². The van der Waals surface area contributed by atoms with Crippen LogP contribution in [0.2, 0.25) is 0 Å². The van der Waals surface area contributed by atoms with Gasteiger partial charge in [-0.2, -0.15) is 4.39 Å². The minimum absolute atomic E-state index is 0.415. The predicted molar refractivity (Wildman–Crippen MR) is 48.8 cm³/mol. The summed E-state index contributed by atoms with van der Waals surface area (Å²) in [6, 6.07) is 3.48. The van der Waals surface area contributed by atoms with Gasteiger partial charge in [-0.1, -0.05) is 0 Å². The Hall–Kier alpha value is -0.650. The largest absolute Gasteiger partial charge is 0.350 e. The van der Waals surface area contributed by atoms with Gasteiger partial charge in [-0.3, -0.25) is 0 Å². The zero-order valence-corrected chi connectivity index (χ0v) is 7.59. The van der Waals surface area contributed by atoms with E-state index in [1.807, 2.05) is 0 Å². The van der Waals surface area contributed by atoms with Crippen molar-refractivity contribution in [2.45, 2.75) is 0 Å². The molecular weight excluding hydrogens is 258 g/mol. The number of nitrogens with zero attached hydrogens (tertiary/aromatic N) is 1. The third-order valence-corrected chi connectivity index (χ3v) is 2.05. The topological polar surface area (TPSA) is 28.7 Å². The van der Waals surface area contributed by atoms with Crippen molar-refractivity contribution >= 4 is 33.5 Å². The van der Waals surface area contributed by atoms with E-state index in [9.17, 15) is 4.39 Å². The summed E-state index contributed by atoms with van der Waals surface area (Å²) < 4.78 is 13.8. The van der Waals surface area contributed by atoms with Gasteiger partial charge in [0.25, 0.3) is 0 Å². The van der Waals surface area contributed by atoms with Crippen LogP contribution in [-0.2, 0) is 0 Å². The van der Waals surface area contributed by atoms with Crippen LogP contribution in [0.5, 0.6) is 0 Å². The van der Waals surface area contributed by atoms with Gasteiger partial charge in [-0.25, -0.2) is 4.98 Å². The van der Waals surface area contributed by atoms with E-state index in [-0.39, 0.29) is 0 Å². The molecular formula is C7H4FIN2. The van der Waals surface area contributed by atoms with Crippen molar-refractivity contribution in [2.24, 2.45) is 0 Å². The second kappa shape index (κ2) is 2.44. The average molecular weight is 262 g/mol. The first-order valence-corrected chi connectivity index (χ1v) is 4.14. The van der Waals surface area contributed by atoms with Crippen LogP contribution in [0.25, 0.3) is 10.9 Å². The third kappa shape index (κ3) is 1.11. The first-order chi connectivity index (χ1) is 5.27. The number of hydrogen-bond donors (Lipinski definition) is 1. The second-order valence-electron chi connectivity index (χ2n) is 2.18. The molecule has 0 bridgehead atoms. The molecule has 0 atom stereocenters. The molecule has 0 fully saturated rings. The molecule has 0 radical (unpaired) electrons. The number of nitrogens with one attached hydrogen (secondary N) is 1. The highest BCUT2D eigenvalue weighted by Gasteiger charge is 2.02. The van der Waals surface area contributed by atoms with E-state index in [0.29, 0.717) is 5.39 Å². The van der Waals surface area contributed by atoms with Crippen LogP contribution in [-0.4, -0.2) is 9.97 Å². The number of aromatic amines is 1. The highest BCUT2D eigenvalue weighted by atomic mass is 127. The minimum atomic E-state index is -0.415. The number of aromatic nitrogens is 2. The van der Waals surface area contributed by atoms with E-state index < -0.39 is 5.95 Å². The van der Waals surface area contributed by atoms with Crippen molar-refractivity contribution in [3.63, 3.8) is 0 Å². The van der Waals surface area contributed by atoms with Crippen LogP contribution >= 0.6 is 22.6 Å². The Morgan fingerprint density at radius 3 is 3.09 bits per heavy atom. The summed E-state index contributed by atoms with van der Waals surface area (Å²) in [5, 5.41) is 0.553. The maximum Gasteiger partial charge on any atom is 0.222 e. The summed E-state index contributed by atoms with van der Waals surface area (Å²) in [5.41, 5.74) is 0.793. The standard InChI is InChI=1S/C7H4FIN2/c8-7-4-3-6(9)11-5(4)1-2-10-7/h1-3,11H. The molecule has 2 nitrogen and oxygen atoms in total. The van der Waals surface area contributed by atoms with Crippen LogP contribution in [0.1, 0.15) is 0 Å². The summed E-state index contributed by atoms with van der Waals surface area (Å²) in [7, 11) is 0. The fraction of sp³-hybridized carbons (Fsp3) is 0. The summed E-state index contributed by atoms with van der Waals surface area (Å²) in [4.78, 5) is 6.54. The second-order valence-corrected chi connectivity index (χ2v) is 3.34. The van der Waals surface area contributed by atoms with Gasteiger partial charge in [0, 0.05) is 6.20 Å². The fourth-order valence-corrected chi connectivity index (χ4v) is 1.59. The maximum absolute atomic E-state index is 12.9. The molecule has 2 aromatic heterocycles. The molecule has 0 saturated carbocycles. The monoisotopic (exact) mass is 262 g/mol. The molecule has 0 aliphatic carbocycles. The first-order valence-electron chi connectivity index (χ1n) is 3.06.